The Balaban J connectivity index is 2.48. The lowest BCUT2D eigenvalue weighted by atomic mass is 10.5. The number of rotatable bonds is 5. The smallest absolute Gasteiger partial charge is 0.345 e. The second-order valence-electron chi connectivity index (χ2n) is 2.93. The number of hydrogen-bond acceptors (Lipinski definition) is 5. The molecule has 15 heavy (non-hydrogen) atoms. The first-order valence-electron chi connectivity index (χ1n) is 4.01. The molecule has 4 nitrogen and oxygen atoms in total. The lowest BCUT2D eigenvalue weighted by Gasteiger charge is -1.96. The number of thiophene rings is 1. The Morgan fingerprint density at radius 1 is 1.60 bits per heavy atom. The van der Waals surface area contributed by atoms with Gasteiger partial charge in [-0.2, -0.15) is 0 Å². The first kappa shape index (κ1) is 12.5. The zero-order valence-electron chi connectivity index (χ0n) is 7.97. The first-order valence-corrected chi connectivity index (χ1v) is 7.93. The van der Waals surface area contributed by atoms with E-state index in [9.17, 15) is 13.2 Å². The van der Waals surface area contributed by atoms with E-state index in [4.69, 9.17) is 5.11 Å². The highest BCUT2D eigenvalue weighted by Crippen LogP contribution is 2.24. The number of carboxylic acid groups (broad SMARTS) is 1. The second kappa shape index (κ2) is 5.00. The normalized spacial score (nSPS) is 11.5. The zero-order chi connectivity index (χ0) is 11.5. The van der Waals surface area contributed by atoms with Gasteiger partial charge in [0.15, 0.2) is 0 Å². The van der Waals surface area contributed by atoms with Crippen LogP contribution in [0.2, 0.25) is 0 Å². The SMILES string of the molecule is CS(=O)(=O)CCSc1csc(C(=O)O)c1. The maximum Gasteiger partial charge on any atom is 0.345 e. The van der Waals surface area contributed by atoms with Crippen LogP contribution < -0.4 is 0 Å². The molecule has 1 aromatic rings. The van der Waals surface area contributed by atoms with Crippen molar-refractivity contribution in [2.75, 3.05) is 17.8 Å². The van der Waals surface area contributed by atoms with Gasteiger partial charge in [0, 0.05) is 22.3 Å². The lowest BCUT2D eigenvalue weighted by molar-refractivity contribution is 0.0702. The average molecular weight is 266 g/mol. The molecule has 0 saturated heterocycles. The van der Waals surface area contributed by atoms with Gasteiger partial charge in [-0.25, -0.2) is 13.2 Å². The number of thioether (sulfide) groups is 1. The van der Waals surface area contributed by atoms with E-state index in [0.29, 0.717) is 5.75 Å². The molecule has 0 fully saturated rings. The van der Waals surface area contributed by atoms with Gasteiger partial charge in [0.1, 0.15) is 14.7 Å². The van der Waals surface area contributed by atoms with E-state index in [0.717, 1.165) is 16.2 Å². The molecule has 1 aromatic heterocycles. The van der Waals surface area contributed by atoms with Gasteiger partial charge in [0.2, 0.25) is 0 Å². The Kier molecular flexibility index (Phi) is 4.18. The van der Waals surface area contributed by atoms with E-state index in [2.05, 4.69) is 0 Å². The molecule has 0 radical (unpaired) electrons. The molecule has 0 aromatic carbocycles. The van der Waals surface area contributed by atoms with Crippen molar-refractivity contribution in [3.63, 3.8) is 0 Å². The summed E-state index contributed by atoms with van der Waals surface area (Å²) in [5.41, 5.74) is 0. The van der Waals surface area contributed by atoms with Crippen molar-refractivity contribution in [3.8, 4) is 0 Å². The predicted molar refractivity (Wildman–Crippen MR) is 61.7 cm³/mol. The summed E-state index contributed by atoms with van der Waals surface area (Å²) >= 11 is 2.50. The fraction of sp³-hybridized carbons (Fsp3) is 0.375. The van der Waals surface area contributed by atoms with Crippen molar-refractivity contribution in [2.24, 2.45) is 0 Å². The topological polar surface area (TPSA) is 71.4 Å². The third-order valence-electron chi connectivity index (χ3n) is 1.51. The number of carbonyl (C=O) groups is 1. The molecule has 1 heterocycles. The molecule has 0 amide bonds. The molecule has 0 atom stereocenters. The monoisotopic (exact) mass is 266 g/mol. The van der Waals surface area contributed by atoms with E-state index in [-0.39, 0.29) is 10.6 Å². The molecule has 0 bridgehead atoms. The molecule has 84 valence electrons. The summed E-state index contributed by atoms with van der Waals surface area (Å²) in [7, 11) is -2.94. The van der Waals surface area contributed by atoms with Gasteiger partial charge in [-0.3, -0.25) is 0 Å². The van der Waals surface area contributed by atoms with E-state index in [1.807, 2.05) is 0 Å². The minimum atomic E-state index is -2.94. The summed E-state index contributed by atoms with van der Waals surface area (Å²) in [6.45, 7) is 0. The fourth-order valence-corrected chi connectivity index (χ4v) is 3.90. The van der Waals surface area contributed by atoms with Crippen LogP contribution in [0.4, 0.5) is 0 Å². The van der Waals surface area contributed by atoms with Gasteiger partial charge in [0.05, 0.1) is 5.75 Å². The van der Waals surface area contributed by atoms with Crippen molar-refractivity contribution in [1.82, 2.24) is 0 Å². The lowest BCUT2D eigenvalue weighted by Crippen LogP contribution is -2.04. The van der Waals surface area contributed by atoms with E-state index >= 15 is 0 Å². The van der Waals surface area contributed by atoms with E-state index < -0.39 is 15.8 Å². The van der Waals surface area contributed by atoms with Crippen molar-refractivity contribution in [2.45, 2.75) is 4.90 Å². The Hall–Kier alpha value is -0.530. The van der Waals surface area contributed by atoms with Crippen molar-refractivity contribution in [1.29, 1.82) is 0 Å². The molecule has 7 heteroatoms. The fourth-order valence-electron chi connectivity index (χ4n) is 0.818. The van der Waals surface area contributed by atoms with Crippen LogP contribution in [0, 0.1) is 0 Å². The van der Waals surface area contributed by atoms with Crippen molar-refractivity contribution in [3.05, 3.63) is 16.3 Å². The van der Waals surface area contributed by atoms with Gasteiger partial charge in [-0.1, -0.05) is 0 Å². The maximum absolute atomic E-state index is 10.8. The van der Waals surface area contributed by atoms with Crippen LogP contribution in [0.1, 0.15) is 9.67 Å². The van der Waals surface area contributed by atoms with E-state index in [1.165, 1.54) is 18.0 Å². The Bertz CT molecular complexity index is 446. The molecule has 0 aliphatic rings. The summed E-state index contributed by atoms with van der Waals surface area (Å²) in [6.07, 6.45) is 1.18. The predicted octanol–water partition coefficient (Wildman–Crippen LogP) is 1.58. The van der Waals surface area contributed by atoms with Crippen LogP contribution in [0.25, 0.3) is 0 Å². The molecule has 0 unspecified atom stereocenters. The van der Waals surface area contributed by atoms with Gasteiger partial charge in [-0.05, 0) is 6.07 Å². The number of sulfone groups is 1. The zero-order valence-corrected chi connectivity index (χ0v) is 10.4. The highest BCUT2D eigenvalue weighted by molar-refractivity contribution is 8.00. The number of aromatic carboxylic acids is 1. The minimum absolute atomic E-state index is 0.107. The van der Waals surface area contributed by atoms with Gasteiger partial charge in [-0.15, -0.1) is 23.1 Å². The van der Waals surface area contributed by atoms with Gasteiger partial charge >= 0.3 is 5.97 Å². The largest absolute Gasteiger partial charge is 0.477 e. The highest BCUT2D eigenvalue weighted by Gasteiger charge is 2.08. The highest BCUT2D eigenvalue weighted by atomic mass is 32.2. The summed E-state index contributed by atoms with van der Waals surface area (Å²) in [5, 5.41) is 10.4. The minimum Gasteiger partial charge on any atom is -0.477 e. The summed E-state index contributed by atoms with van der Waals surface area (Å²) in [6, 6.07) is 1.56. The Labute approximate surface area is 96.2 Å². The molecule has 1 N–H and O–H groups in total. The van der Waals surface area contributed by atoms with Crippen LogP contribution in [0.5, 0.6) is 0 Å². The van der Waals surface area contributed by atoms with Gasteiger partial charge in [0.25, 0.3) is 0 Å². The summed E-state index contributed by atoms with van der Waals surface area (Å²) in [4.78, 5) is 11.6. The Morgan fingerprint density at radius 2 is 2.27 bits per heavy atom. The third-order valence-corrected chi connectivity index (χ3v) is 4.76. The quantitative estimate of drug-likeness (QED) is 0.819. The van der Waals surface area contributed by atoms with Crippen LogP contribution in [-0.2, 0) is 9.84 Å². The maximum atomic E-state index is 10.8. The molecular weight excluding hydrogens is 256 g/mol. The molecular formula is C8H10O4S3. The number of hydrogen-bond donors (Lipinski definition) is 1. The molecule has 0 spiro atoms. The molecule has 0 aliphatic heterocycles. The van der Waals surface area contributed by atoms with Gasteiger partial charge < -0.3 is 5.11 Å². The summed E-state index contributed by atoms with van der Waals surface area (Å²) in [5.74, 6) is -0.389. The number of carboxylic acids is 1. The summed E-state index contributed by atoms with van der Waals surface area (Å²) < 4.78 is 21.7. The van der Waals surface area contributed by atoms with Crippen molar-refractivity contribution >= 4 is 38.9 Å². The van der Waals surface area contributed by atoms with Crippen LogP contribution >= 0.6 is 23.1 Å². The molecule has 0 aliphatic carbocycles. The average Bonchev–Trinajstić information content (AvgIpc) is 2.50. The van der Waals surface area contributed by atoms with Crippen LogP contribution in [0.15, 0.2) is 16.3 Å². The first-order chi connectivity index (χ1) is 6.88. The van der Waals surface area contributed by atoms with Crippen molar-refractivity contribution < 1.29 is 18.3 Å². The van der Waals surface area contributed by atoms with Crippen LogP contribution in [0.3, 0.4) is 0 Å². The molecule has 1 rings (SSSR count). The third kappa shape index (κ3) is 4.67. The second-order valence-corrected chi connectivity index (χ2v) is 7.27. The Morgan fingerprint density at radius 3 is 2.73 bits per heavy atom. The van der Waals surface area contributed by atoms with E-state index in [1.54, 1.807) is 11.4 Å². The van der Waals surface area contributed by atoms with Crippen LogP contribution in [-0.4, -0.2) is 37.3 Å². The standard InChI is InChI=1S/C8H10O4S3/c1-15(11,12)3-2-13-6-4-7(8(9)10)14-5-6/h4-5H,2-3H2,1H3,(H,9,10). The molecule has 0 saturated carbocycles.